The van der Waals surface area contributed by atoms with Gasteiger partial charge in [-0.15, -0.1) is 0 Å². The summed E-state index contributed by atoms with van der Waals surface area (Å²) in [6.07, 6.45) is 0.494. The van der Waals surface area contributed by atoms with E-state index in [0.29, 0.717) is 25.1 Å². The number of carbonyl (C=O) groups excluding carboxylic acids is 2. The first-order chi connectivity index (χ1) is 18.1. The molecule has 202 valence electrons. The van der Waals surface area contributed by atoms with Gasteiger partial charge in [-0.2, -0.15) is 0 Å². The fraction of sp³-hybridized carbons (Fsp3) is 0.310. The van der Waals surface area contributed by atoms with Crippen LogP contribution in [0.5, 0.6) is 0 Å². The number of aryl methyl sites for hydroxylation is 2. The summed E-state index contributed by atoms with van der Waals surface area (Å²) in [5, 5.41) is 2.90. The Kier molecular flexibility index (Phi) is 10.2. The molecule has 2 N–H and O–H groups in total. The third kappa shape index (κ3) is 8.22. The lowest BCUT2D eigenvalue weighted by Crippen LogP contribution is -2.47. The first kappa shape index (κ1) is 29.0. The van der Waals surface area contributed by atoms with Crippen molar-refractivity contribution < 1.29 is 22.4 Å². The zero-order valence-electron chi connectivity index (χ0n) is 21.9. The predicted octanol–water partition coefficient (Wildman–Crippen LogP) is 4.10. The van der Waals surface area contributed by atoms with Gasteiger partial charge in [0.25, 0.3) is 0 Å². The second-order valence-corrected chi connectivity index (χ2v) is 10.9. The van der Waals surface area contributed by atoms with E-state index in [1.165, 1.54) is 29.2 Å². The van der Waals surface area contributed by atoms with E-state index >= 15 is 0 Å². The molecule has 0 aromatic heterocycles. The van der Waals surface area contributed by atoms with Crippen molar-refractivity contribution in [1.29, 1.82) is 0 Å². The molecule has 0 aliphatic rings. The van der Waals surface area contributed by atoms with E-state index in [-0.39, 0.29) is 35.5 Å². The minimum atomic E-state index is -3.55. The van der Waals surface area contributed by atoms with E-state index in [1.54, 1.807) is 38.1 Å². The van der Waals surface area contributed by atoms with Gasteiger partial charge < -0.3 is 10.2 Å². The van der Waals surface area contributed by atoms with Crippen molar-refractivity contribution in [2.75, 3.05) is 6.54 Å². The highest BCUT2D eigenvalue weighted by Crippen LogP contribution is 2.16. The molecule has 38 heavy (non-hydrogen) atoms. The van der Waals surface area contributed by atoms with Gasteiger partial charge in [-0.05, 0) is 61.2 Å². The monoisotopic (exact) mass is 539 g/mol. The van der Waals surface area contributed by atoms with Gasteiger partial charge in [0.15, 0.2) is 0 Å². The number of hydrogen-bond donors (Lipinski definition) is 2. The number of sulfonamides is 1. The van der Waals surface area contributed by atoms with Crippen LogP contribution in [0.1, 0.15) is 42.5 Å². The molecule has 0 spiro atoms. The molecule has 0 unspecified atom stereocenters. The Morgan fingerprint density at radius 2 is 1.47 bits per heavy atom. The molecule has 0 saturated heterocycles. The lowest BCUT2D eigenvalue weighted by molar-refractivity contribution is -0.140. The van der Waals surface area contributed by atoms with Gasteiger partial charge in [-0.25, -0.2) is 17.5 Å². The number of halogens is 1. The highest BCUT2D eigenvalue weighted by Gasteiger charge is 2.26. The van der Waals surface area contributed by atoms with Crippen LogP contribution >= 0.6 is 0 Å². The summed E-state index contributed by atoms with van der Waals surface area (Å²) in [7, 11) is -3.55. The van der Waals surface area contributed by atoms with Crippen molar-refractivity contribution in [2.45, 2.75) is 57.6 Å². The zero-order chi connectivity index (χ0) is 27.7. The highest BCUT2D eigenvalue weighted by atomic mass is 32.2. The Morgan fingerprint density at radius 3 is 2.08 bits per heavy atom. The second-order valence-electron chi connectivity index (χ2n) is 9.17. The molecule has 2 amide bonds. The average Bonchev–Trinajstić information content (AvgIpc) is 2.90. The number of nitrogens with one attached hydrogen (secondary N) is 2. The number of hydrogen-bond acceptors (Lipinski definition) is 4. The lowest BCUT2D eigenvalue weighted by atomic mass is 10.1. The van der Waals surface area contributed by atoms with Gasteiger partial charge in [0.1, 0.15) is 11.9 Å². The maximum Gasteiger partial charge on any atom is 0.242 e. The number of nitrogens with zero attached hydrogens (tertiary/aromatic N) is 1. The van der Waals surface area contributed by atoms with Crippen LogP contribution in [0.2, 0.25) is 0 Å². The summed E-state index contributed by atoms with van der Waals surface area (Å²) in [6, 6.07) is 19.3. The van der Waals surface area contributed by atoms with Crippen molar-refractivity contribution in [3.05, 3.63) is 101 Å². The van der Waals surface area contributed by atoms with E-state index in [4.69, 9.17) is 0 Å². The Balaban J connectivity index is 1.69. The van der Waals surface area contributed by atoms with Crippen molar-refractivity contribution in [3.63, 3.8) is 0 Å². The maximum atomic E-state index is 13.4. The van der Waals surface area contributed by atoms with Crippen molar-refractivity contribution >= 4 is 21.8 Å². The summed E-state index contributed by atoms with van der Waals surface area (Å²) >= 11 is 0. The quantitative estimate of drug-likeness (QED) is 0.362. The van der Waals surface area contributed by atoms with Crippen LogP contribution in [-0.4, -0.2) is 37.7 Å². The topological polar surface area (TPSA) is 95.6 Å². The first-order valence-corrected chi connectivity index (χ1v) is 14.0. The summed E-state index contributed by atoms with van der Waals surface area (Å²) in [6.45, 7) is 6.15. The summed E-state index contributed by atoms with van der Waals surface area (Å²) < 4.78 is 40.2. The van der Waals surface area contributed by atoms with Crippen molar-refractivity contribution in [3.8, 4) is 0 Å². The predicted molar refractivity (Wildman–Crippen MR) is 145 cm³/mol. The maximum absolute atomic E-state index is 13.4. The van der Waals surface area contributed by atoms with E-state index < -0.39 is 16.1 Å². The Morgan fingerprint density at radius 1 is 0.895 bits per heavy atom. The molecule has 3 aromatic carbocycles. The third-order valence-electron chi connectivity index (χ3n) is 6.22. The molecule has 0 bridgehead atoms. The Labute approximate surface area is 224 Å². The van der Waals surface area contributed by atoms with Crippen molar-refractivity contribution in [1.82, 2.24) is 14.9 Å². The van der Waals surface area contributed by atoms with Gasteiger partial charge in [-0.1, -0.05) is 61.0 Å². The largest absolute Gasteiger partial charge is 0.350 e. The summed E-state index contributed by atoms with van der Waals surface area (Å²) in [5.74, 6) is -0.911. The van der Waals surface area contributed by atoms with Crippen LogP contribution in [0.3, 0.4) is 0 Å². The molecule has 0 aliphatic carbocycles. The van der Waals surface area contributed by atoms with E-state index in [2.05, 4.69) is 10.0 Å². The minimum absolute atomic E-state index is 0.121. The zero-order valence-corrected chi connectivity index (χ0v) is 22.7. The minimum Gasteiger partial charge on any atom is -0.350 e. The summed E-state index contributed by atoms with van der Waals surface area (Å²) in [5.41, 5.74) is 3.58. The van der Waals surface area contributed by atoms with Gasteiger partial charge >= 0.3 is 0 Å². The fourth-order valence-corrected chi connectivity index (χ4v) is 4.96. The molecule has 0 radical (unpaired) electrons. The Bertz CT molecular complexity index is 1330. The molecule has 3 aromatic rings. The second kappa shape index (κ2) is 13.3. The molecule has 7 nitrogen and oxygen atoms in total. The van der Waals surface area contributed by atoms with Crippen LogP contribution in [0.4, 0.5) is 4.39 Å². The van der Waals surface area contributed by atoms with Crippen LogP contribution in [0, 0.1) is 12.7 Å². The van der Waals surface area contributed by atoms with Crippen LogP contribution in [0.25, 0.3) is 0 Å². The molecule has 0 heterocycles. The fourth-order valence-electron chi connectivity index (χ4n) is 3.92. The van der Waals surface area contributed by atoms with Crippen molar-refractivity contribution in [2.24, 2.45) is 0 Å². The molecule has 9 heteroatoms. The third-order valence-corrected chi connectivity index (χ3v) is 7.78. The van der Waals surface area contributed by atoms with Crippen LogP contribution < -0.4 is 10.0 Å². The van der Waals surface area contributed by atoms with Gasteiger partial charge in [-0.3, -0.25) is 9.59 Å². The number of amides is 2. The van der Waals surface area contributed by atoms with Crippen LogP contribution in [0.15, 0.2) is 77.7 Å². The normalized spacial score (nSPS) is 12.1. The van der Waals surface area contributed by atoms with E-state index in [0.717, 1.165) is 16.7 Å². The molecule has 0 saturated carbocycles. The van der Waals surface area contributed by atoms with E-state index in [1.807, 2.05) is 31.2 Å². The number of benzene rings is 3. The molecule has 0 aliphatic heterocycles. The number of carbonyl (C=O) groups is 2. The summed E-state index contributed by atoms with van der Waals surface area (Å²) in [4.78, 5) is 28.0. The van der Waals surface area contributed by atoms with Gasteiger partial charge in [0.05, 0.1) is 4.90 Å². The number of rotatable bonds is 12. The molecule has 3 rings (SSSR count). The van der Waals surface area contributed by atoms with Gasteiger partial charge in [0.2, 0.25) is 21.8 Å². The van der Waals surface area contributed by atoms with Crippen LogP contribution in [-0.2, 0) is 39.1 Å². The lowest BCUT2D eigenvalue weighted by Gasteiger charge is -2.29. The first-order valence-electron chi connectivity index (χ1n) is 12.5. The Hall–Kier alpha value is -3.56. The SMILES string of the molecule is CCNS(=O)(=O)c1ccc(CCC(=O)N(Cc2ccc(F)cc2)[C@@H](C)C(=O)NCc2ccc(C)cc2)cc1. The smallest absolute Gasteiger partial charge is 0.242 e. The highest BCUT2D eigenvalue weighted by molar-refractivity contribution is 7.89. The van der Waals surface area contributed by atoms with E-state index in [9.17, 15) is 22.4 Å². The molecular formula is C29H34FN3O4S. The molecular weight excluding hydrogens is 505 g/mol. The van der Waals surface area contributed by atoms with Gasteiger partial charge in [0, 0.05) is 26.1 Å². The molecule has 0 fully saturated rings. The average molecular weight is 540 g/mol. The standard InChI is InChI=1S/C29H34FN3O4S/c1-4-32-38(36,37)27-16-11-23(12-17-27)13-18-28(34)33(20-25-9-14-26(30)15-10-25)22(3)29(35)31-19-24-7-5-21(2)6-8-24/h5-12,14-17,22,32H,4,13,18-20H2,1-3H3,(H,31,35)/t22-/m0/s1. The molecule has 1 atom stereocenters.